The van der Waals surface area contributed by atoms with Crippen LogP contribution in [0.2, 0.25) is 0 Å². The van der Waals surface area contributed by atoms with Gasteiger partial charge in [-0.25, -0.2) is 0 Å². The predicted molar refractivity (Wildman–Crippen MR) is 107 cm³/mol. The van der Waals surface area contributed by atoms with E-state index in [2.05, 4.69) is 37.3 Å². The van der Waals surface area contributed by atoms with Gasteiger partial charge in [0.15, 0.2) is 11.5 Å². The van der Waals surface area contributed by atoms with Crippen LogP contribution in [0.15, 0.2) is 36.7 Å². The normalized spacial score (nSPS) is 15.0. The number of fused-ring (bicyclic) bond motifs is 1. The number of piperazine rings is 1. The number of methoxy groups -OCH3 is 1. The maximum Gasteiger partial charge on any atom is 0.231 e. The summed E-state index contributed by atoms with van der Waals surface area (Å²) in [5.41, 5.74) is 1.94. The smallest absolute Gasteiger partial charge is 0.231 e. The van der Waals surface area contributed by atoms with E-state index >= 15 is 0 Å². The summed E-state index contributed by atoms with van der Waals surface area (Å²) in [7, 11) is 1.57. The highest BCUT2D eigenvalue weighted by molar-refractivity contribution is 5.76. The van der Waals surface area contributed by atoms with Crippen LogP contribution in [-0.2, 0) is 17.6 Å². The largest absolute Gasteiger partial charge is 0.480 e. The van der Waals surface area contributed by atoms with E-state index < -0.39 is 0 Å². The SMILES string of the molecule is COc1ccc2nnc(CCC(=O)N3CCN(CCc4ccncc4)CC3)n2n1. The molecule has 0 atom stereocenters. The first-order chi connectivity index (χ1) is 14.2. The molecule has 152 valence electrons. The van der Waals surface area contributed by atoms with Crippen molar-refractivity contribution in [1.29, 1.82) is 0 Å². The lowest BCUT2D eigenvalue weighted by Crippen LogP contribution is -2.49. The van der Waals surface area contributed by atoms with Gasteiger partial charge in [0, 0.05) is 64.0 Å². The quantitative estimate of drug-likeness (QED) is 0.586. The van der Waals surface area contributed by atoms with E-state index in [0.717, 1.165) is 39.1 Å². The van der Waals surface area contributed by atoms with E-state index in [1.807, 2.05) is 17.3 Å². The Bertz CT molecular complexity index is 952. The number of hydrogen-bond donors (Lipinski definition) is 0. The Kier molecular flexibility index (Phi) is 5.95. The molecule has 0 saturated carbocycles. The van der Waals surface area contributed by atoms with Crippen molar-refractivity contribution in [2.75, 3.05) is 39.8 Å². The Labute approximate surface area is 169 Å². The molecule has 0 radical (unpaired) electrons. The molecule has 0 aliphatic carbocycles. The number of carbonyl (C=O) groups is 1. The van der Waals surface area contributed by atoms with Crippen molar-refractivity contribution in [2.24, 2.45) is 0 Å². The first-order valence-electron chi connectivity index (χ1n) is 9.87. The van der Waals surface area contributed by atoms with Gasteiger partial charge in [0.2, 0.25) is 11.8 Å². The topological polar surface area (TPSA) is 88.8 Å². The minimum absolute atomic E-state index is 0.151. The zero-order chi connectivity index (χ0) is 20.1. The maximum atomic E-state index is 12.6. The van der Waals surface area contributed by atoms with Gasteiger partial charge in [-0.15, -0.1) is 15.3 Å². The van der Waals surface area contributed by atoms with Crippen molar-refractivity contribution in [3.05, 3.63) is 48.0 Å². The van der Waals surface area contributed by atoms with Crippen LogP contribution >= 0.6 is 0 Å². The Morgan fingerprint density at radius 2 is 1.83 bits per heavy atom. The third kappa shape index (κ3) is 4.68. The molecule has 0 spiro atoms. The van der Waals surface area contributed by atoms with Gasteiger partial charge in [-0.1, -0.05) is 0 Å². The molecular weight excluding hydrogens is 370 g/mol. The number of nitrogens with zero attached hydrogens (tertiary/aromatic N) is 7. The van der Waals surface area contributed by atoms with Crippen LogP contribution in [0.25, 0.3) is 5.65 Å². The molecular formula is C20H25N7O2. The molecule has 0 aromatic carbocycles. The molecule has 4 heterocycles. The van der Waals surface area contributed by atoms with Gasteiger partial charge in [0.05, 0.1) is 7.11 Å². The number of rotatable bonds is 7. The van der Waals surface area contributed by atoms with Crippen LogP contribution in [-0.4, -0.2) is 80.3 Å². The van der Waals surface area contributed by atoms with Crippen molar-refractivity contribution < 1.29 is 9.53 Å². The summed E-state index contributed by atoms with van der Waals surface area (Å²) in [4.78, 5) is 21.0. The average molecular weight is 395 g/mol. The molecule has 4 rings (SSSR count). The van der Waals surface area contributed by atoms with Crippen LogP contribution in [0.3, 0.4) is 0 Å². The number of ether oxygens (including phenoxy) is 1. The number of carbonyl (C=O) groups excluding carboxylic acids is 1. The Balaban J connectivity index is 1.25. The molecule has 1 aliphatic rings. The van der Waals surface area contributed by atoms with Gasteiger partial charge in [-0.3, -0.25) is 14.7 Å². The molecule has 3 aromatic heterocycles. The monoisotopic (exact) mass is 395 g/mol. The van der Waals surface area contributed by atoms with Crippen molar-refractivity contribution in [1.82, 2.24) is 34.6 Å². The summed E-state index contributed by atoms with van der Waals surface area (Å²) >= 11 is 0. The van der Waals surface area contributed by atoms with Crippen LogP contribution in [0.4, 0.5) is 0 Å². The maximum absolute atomic E-state index is 12.6. The van der Waals surface area contributed by atoms with E-state index in [1.54, 1.807) is 23.8 Å². The van der Waals surface area contributed by atoms with Gasteiger partial charge in [0.25, 0.3) is 0 Å². The number of aryl methyl sites for hydroxylation is 1. The fourth-order valence-electron chi connectivity index (χ4n) is 3.52. The molecule has 29 heavy (non-hydrogen) atoms. The van der Waals surface area contributed by atoms with Gasteiger partial charge in [0.1, 0.15) is 0 Å². The molecule has 1 aliphatic heterocycles. The third-order valence-corrected chi connectivity index (χ3v) is 5.27. The second-order valence-electron chi connectivity index (χ2n) is 7.09. The second kappa shape index (κ2) is 8.95. The lowest BCUT2D eigenvalue weighted by atomic mass is 10.2. The van der Waals surface area contributed by atoms with E-state index in [-0.39, 0.29) is 5.91 Å². The molecule has 0 bridgehead atoms. The fourth-order valence-corrected chi connectivity index (χ4v) is 3.52. The summed E-state index contributed by atoms with van der Waals surface area (Å²) in [6.45, 7) is 4.35. The molecule has 3 aromatic rings. The molecule has 0 N–H and O–H groups in total. The minimum Gasteiger partial charge on any atom is -0.480 e. The van der Waals surface area contributed by atoms with Gasteiger partial charge >= 0.3 is 0 Å². The number of hydrogen-bond acceptors (Lipinski definition) is 7. The Morgan fingerprint density at radius 3 is 2.59 bits per heavy atom. The highest BCUT2D eigenvalue weighted by atomic mass is 16.5. The molecule has 9 heteroatoms. The van der Waals surface area contributed by atoms with E-state index in [0.29, 0.717) is 30.2 Å². The summed E-state index contributed by atoms with van der Waals surface area (Å²) in [6.07, 6.45) is 5.57. The summed E-state index contributed by atoms with van der Waals surface area (Å²) in [5.74, 6) is 1.31. The highest BCUT2D eigenvalue weighted by Gasteiger charge is 2.21. The van der Waals surface area contributed by atoms with Crippen LogP contribution in [0, 0.1) is 0 Å². The fraction of sp³-hybridized carbons (Fsp3) is 0.450. The Morgan fingerprint density at radius 1 is 1.03 bits per heavy atom. The standard InChI is InChI=1S/C20H25N7O2/c1-29-19-4-2-17-22-23-18(27(17)24-19)3-5-20(28)26-14-12-25(13-15-26)11-8-16-6-9-21-10-7-16/h2,4,6-7,9-10H,3,5,8,11-15H2,1H3. The van der Waals surface area contributed by atoms with Crippen LogP contribution in [0.5, 0.6) is 5.88 Å². The van der Waals surface area contributed by atoms with Gasteiger partial charge in [-0.2, -0.15) is 4.52 Å². The first-order valence-corrected chi connectivity index (χ1v) is 9.87. The first kappa shape index (κ1) is 19.3. The van der Waals surface area contributed by atoms with Crippen LogP contribution in [0.1, 0.15) is 17.8 Å². The number of amides is 1. The lowest BCUT2D eigenvalue weighted by molar-refractivity contribution is -0.132. The summed E-state index contributed by atoms with van der Waals surface area (Å²) in [6, 6.07) is 7.65. The van der Waals surface area contributed by atoms with Crippen LogP contribution < -0.4 is 4.74 Å². The van der Waals surface area contributed by atoms with E-state index in [1.165, 1.54) is 5.56 Å². The third-order valence-electron chi connectivity index (χ3n) is 5.27. The molecule has 1 fully saturated rings. The predicted octanol–water partition coefficient (Wildman–Crippen LogP) is 0.847. The Hall–Kier alpha value is -3.07. The van der Waals surface area contributed by atoms with Crippen molar-refractivity contribution in [3.63, 3.8) is 0 Å². The summed E-state index contributed by atoms with van der Waals surface area (Å²) in [5, 5.41) is 12.6. The number of aromatic nitrogens is 5. The second-order valence-corrected chi connectivity index (χ2v) is 7.09. The molecule has 1 saturated heterocycles. The zero-order valence-electron chi connectivity index (χ0n) is 16.6. The van der Waals surface area contributed by atoms with Crippen molar-refractivity contribution in [3.8, 4) is 5.88 Å². The van der Waals surface area contributed by atoms with Crippen molar-refractivity contribution >= 4 is 11.6 Å². The number of pyridine rings is 1. The summed E-state index contributed by atoms with van der Waals surface area (Å²) < 4.78 is 6.80. The van der Waals surface area contributed by atoms with E-state index in [9.17, 15) is 4.79 Å². The molecule has 0 unspecified atom stereocenters. The molecule has 1 amide bonds. The minimum atomic E-state index is 0.151. The average Bonchev–Trinajstić information content (AvgIpc) is 3.19. The van der Waals surface area contributed by atoms with Gasteiger partial charge < -0.3 is 9.64 Å². The van der Waals surface area contributed by atoms with Gasteiger partial charge in [-0.05, 0) is 30.2 Å². The zero-order valence-corrected chi connectivity index (χ0v) is 16.6. The van der Waals surface area contributed by atoms with Crippen molar-refractivity contribution in [2.45, 2.75) is 19.3 Å². The molecule has 9 nitrogen and oxygen atoms in total. The lowest BCUT2D eigenvalue weighted by Gasteiger charge is -2.34. The highest BCUT2D eigenvalue weighted by Crippen LogP contribution is 2.11. The van der Waals surface area contributed by atoms with E-state index in [4.69, 9.17) is 4.74 Å².